The normalized spacial score (nSPS) is 13.9. The molecule has 4 rings (SSSR count). The van der Waals surface area contributed by atoms with E-state index in [1.54, 1.807) is 12.4 Å². The zero-order valence-corrected chi connectivity index (χ0v) is 16.3. The van der Waals surface area contributed by atoms with Crippen LogP contribution in [-0.2, 0) is 9.59 Å². The minimum Gasteiger partial charge on any atom is -0.490 e. The second-order valence-corrected chi connectivity index (χ2v) is 7.66. The summed E-state index contributed by atoms with van der Waals surface area (Å²) >= 11 is 1.43. The molecule has 1 aliphatic rings. The molecule has 0 spiro atoms. The van der Waals surface area contributed by atoms with Crippen molar-refractivity contribution in [2.45, 2.75) is 19.8 Å². The zero-order valence-electron chi connectivity index (χ0n) is 15.5. The molecule has 0 radical (unpaired) electrons. The van der Waals surface area contributed by atoms with E-state index in [1.165, 1.54) is 18.3 Å². The number of likely N-dealkylation sites (tertiary alicyclic amines) is 1. The van der Waals surface area contributed by atoms with Crippen LogP contribution in [0.3, 0.4) is 0 Å². The van der Waals surface area contributed by atoms with Crippen LogP contribution in [0.5, 0.6) is 5.75 Å². The Balaban J connectivity index is 1.47. The first-order valence-corrected chi connectivity index (χ1v) is 9.94. The Bertz CT molecular complexity index is 1030. The summed E-state index contributed by atoms with van der Waals surface area (Å²) in [6.07, 6.45) is 5.03. The monoisotopic (exact) mass is 396 g/mol. The molecule has 2 amide bonds. The number of aromatic nitrogens is 2. The molecule has 1 N–H and O–H groups in total. The van der Waals surface area contributed by atoms with Crippen LogP contribution in [0.2, 0.25) is 0 Å². The van der Waals surface area contributed by atoms with Crippen molar-refractivity contribution in [3.63, 3.8) is 0 Å². The van der Waals surface area contributed by atoms with E-state index in [0.29, 0.717) is 30.5 Å². The fraction of sp³-hybridized carbons (Fsp3) is 0.300. The van der Waals surface area contributed by atoms with Gasteiger partial charge in [-0.2, -0.15) is 0 Å². The largest absolute Gasteiger partial charge is 0.490 e. The number of carbonyl (C=O) groups is 2. The van der Waals surface area contributed by atoms with Crippen molar-refractivity contribution in [2.75, 3.05) is 25.0 Å². The van der Waals surface area contributed by atoms with E-state index >= 15 is 0 Å². The summed E-state index contributed by atoms with van der Waals surface area (Å²) in [5.74, 6) is 0.739. The van der Waals surface area contributed by atoms with Gasteiger partial charge in [0.1, 0.15) is 12.4 Å². The number of hydrogen-bond donors (Lipinski definition) is 1. The topological polar surface area (TPSA) is 84.4 Å². The first-order chi connectivity index (χ1) is 13.6. The first-order valence-electron chi connectivity index (χ1n) is 9.13. The van der Waals surface area contributed by atoms with E-state index in [-0.39, 0.29) is 11.8 Å². The smallest absolute Gasteiger partial charge is 0.223 e. The van der Waals surface area contributed by atoms with Crippen LogP contribution in [0.1, 0.15) is 19.8 Å². The highest BCUT2D eigenvalue weighted by Gasteiger charge is 2.19. The Labute approximate surface area is 166 Å². The van der Waals surface area contributed by atoms with Gasteiger partial charge in [-0.3, -0.25) is 14.6 Å². The fourth-order valence-corrected chi connectivity index (χ4v) is 4.13. The Hall–Kier alpha value is -3.00. The predicted molar refractivity (Wildman–Crippen MR) is 108 cm³/mol. The second-order valence-electron chi connectivity index (χ2n) is 6.62. The van der Waals surface area contributed by atoms with Crippen molar-refractivity contribution < 1.29 is 14.3 Å². The van der Waals surface area contributed by atoms with Gasteiger partial charge in [0.2, 0.25) is 11.8 Å². The SMILES string of the molecule is CC(=O)Nc1nc2ccc(-c3cncc(OCCN4CCCC4=O)c3)cc2s1. The van der Waals surface area contributed by atoms with Gasteiger partial charge >= 0.3 is 0 Å². The molecule has 2 aromatic heterocycles. The number of pyridine rings is 1. The lowest BCUT2D eigenvalue weighted by Gasteiger charge is -2.15. The summed E-state index contributed by atoms with van der Waals surface area (Å²) in [7, 11) is 0. The molecule has 1 fully saturated rings. The maximum Gasteiger partial charge on any atom is 0.223 e. The molecule has 1 aromatic carbocycles. The molecule has 0 aliphatic carbocycles. The van der Waals surface area contributed by atoms with Gasteiger partial charge in [-0.15, -0.1) is 0 Å². The summed E-state index contributed by atoms with van der Waals surface area (Å²) in [6.45, 7) is 3.33. The number of nitrogens with one attached hydrogen (secondary N) is 1. The Morgan fingerprint density at radius 3 is 2.96 bits per heavy atom. The van der Waals surface area contributed by atoms with Crippen molar-refractivity contribution >= 4 is 38.5 Å². The van der Waals surface area contributed by atoms with Crippen molar-refractivity contribution in [1.82, 2.24) is 14.9 Å². The third-order valence-electron chi connectivity index (χ3n) is 4.52. The Kier molecular flexibility index (Phi) is 5.21. The van der Waals surface area contributed by atoms with Gasteiger partial charge in [0.15, 0.2) is 5.13 Å². The number of rotatable bonds is 6. The summed E-state index contributed by atoms with van der Waals surface area (Å²) in [6, 6.07) is 7.88. The minimum absolute atomic E-state index is 0.135. The average Bonchev–Trinajstić information content (AvgIpc) is 3.26. The number of amides is 2. The molecule has 0 saturated carbocycles. The van der Waals surface area contributed by atoms with E-state index in [0.717, 1.165) is 34.3 Å². The Morgan fingerprint density at radius 2 is 2.18 bits per heavy atom. The lowest BCUT2D eigenvalue weighted by Crippen LogP contribution is -2.29. The number of hydrogen-bond acceptors (Lipinski definition) is 6. The number of benzene rings is 1. The van der Waals surface area contributed by atoms with Crippen LogP contribution in [-0.4, -0.2) is 46.4 Å². The highest BCUT2D eigenvalue weighted by molar-refractivity contribution is 7.22. The molecule has 0 unspecified atom stereocenters. The van der Waals surface area contributed by atoms with Gasteiger partial charge in [0.25, 0.3) is 0 Å². The quantitative estimate of drug-likeness (QED) is 0.691. The predicted octanol–water partition coefficient (Wildman–Crippen LogP) is 3.32. The van der Waals surface area contributed by atoms with E-state index in [1.807, 2.05) is 29.2 Å². The molecule has 7 nitrogen and oxygen atoms in total. The zero-order chi connectivity index (χ0) is 19.5. The average molecular weight is 396 g/mol. The van der Waals surface area contributed by atoms with Crippen molar-refractivity contribution in [1.29, 1.82) is 0 Å². The number of carbonyl (C=O) groups excluding carboxylic acids is 2. The van der Waals surface area contributed by atoms with Crippen molar-refractivity contribution in [3.8, 4) is 16.9 Å². The van der Waals surface area contributed by atoms with Crippen LogP contribution < -0.4 is 10.1 Å². The minimum atomic E-state index is -0.135. The number of anilines is 1. The van der Waals surface area contributed by atoms with Crippen LogP contribution in [0.15, 0.2) is 36.7 Å². The van der Waals surface area contributed by atoms with Crippen LogP contribution >= 0.6 is 11.3 Å². The first kappa shape index (κ1) is 18.4. The fourth-order valence-electron chi connectivity index (χ4n) is 3.18. The van der Waals surface area contributed by atoms with Gasteiger partial charge in [-0.25, -0.2) is 4.98 Å². The van der Waals surface area contributed by atoms with E-state index in [4.69, 9.17) is 4.74 Å². The molecule has 144 valence electrons. The molecule has 8 heteroatoms. The molecule has 1 saturated heterocycles. The standard InChI is InChI=1S/C20H20N4O3S/c1-13(25)22-20-23-17-5-4-14(10-18(17)28-20)15-9-16(12-21-11-15)27-8-7-24-6-2-3-19(24)26/h4-5,9-12H,2-3,6-8H2,1H3,(H,22,23,25). The third kappa shape index (κ3) is 4.12. The van der Waals surface area contributed by atoms with Crippen LogP contribution in [0.4, 0.5) is 5.13 Å². The summed E-state index contributed by atoms with van der Waals surface area (Å²) < 4.78 is 6.79. The Morgan fingerprint density at radius 1 is 1.29 bits per heavy atom. The van der Waals surface area contributed by atoms with Crippen molar-refractivity contribution in [3.05, 3.63) is 36.7 Å². The lowest BCUT2D eigenvalue weighted by atomic mass is 10.1. The number of nitrogens with zero attached hydrogens (tertiary/aromatic N) is 3. The van der Waals surface area contributed by atoms with Gasteiger partial charge in [0, 0.05) is 31.6 Å². The van der Waals surface area contributed by atoms with Gasteiger partial charge in [-0.1, -0.05) is 17.4 Å². The molecule has 0 bridgehead atoms. The number of thiazole rings is 1. The van der Waals surface area contributed by atoms with Gasteiger partial charge in [0.05, 0.1) is 23.0 Å². The van der Waals surface area contributed by atoms with Gasteiger partial charge < -0.3 is 15.0 Å². The highest BCUT2D eigenvalue weighted by Crippen LogP contribution is 2.31. The number of ether oxygens (including phenoxy) is 1. The van der Waals surface area contributed by atoms with Gasteiger partial charge in [-0.05, 0) is 30.2 Å². The summed E-state index contributed by atoms with van der Waals surface area (Å²) in [4.78, 5) is 33.4. The molecular weight excluding hydrogens is 376 g/mol. The molecular formula is C20H20N4O3S. The van der Waals surface area contributed by atoms with E-state index < -0.39 is 0 Å². The lowest BCUT2D eigenvalue weighted by molar-refractivity contribution is -0.128. The molecule has 3 aromatic rings. The van der Waals surface area contributed by atoms with Crippen LogP contribution in [0.25, 0.3) is 21.3 Å². The van der Waals surface area contributed by atoms with Crippen molar-refractivity contribution in [2.24, 2.45) is 0 Å². The molecule has 28 heavy (non-hydrogen) atoms. The van der Waals surface area contributed by atoms with E-state index in [2.05, 4.69) is 15.3 Å². The second kappa shape index (κ2) is 7.93. The summed E-state index contributed by atoms with van der Waals surface area (Å²) in [5, 5.41) is 3.31. The molecule has 3 heterocycles. The number of fused-ring (bicyclic) bond motifs is 1. The van der Waals surface area contributed by atoms with Crippen LogP contribution in [0, 0.1) is 0 Å². The summed E-state index contributed by atoms with van der Waals surface area (Å²) in [5.41, 5.74) is 2.78. The highest BCUT2D eigenvalue weighted by atomic mass is 32.1. The maximum atomic E-state index is 11.7. The molecule has 1 aliphatic heterocycles. The maximum absolute atomic E-state index is 11.7. The van der Waals surface area contributed by atoms with E-state index in [9.17, 15) is 9.59 Å². The molecule has 0 atom stereocenters. The third-order valence-corrected chi connectivity index (χ3v) is 5.45.